The Bertz CT molecular complexity index is 399. The number of benzene rings is 1. The average Bonchev–Trinajstić information content (AvgIpc) is 2.34. The lowest BCUT2D eigenvalue weighted by atomic mass is 10.1. The van der Waals surface area contributed by atoms with E-state index in [1.807, 2.05) is 39.0 Å². The number of rotatable bonds is 6. The summed E-state index contributed by atoms with van der Waals surface area (Å²) in [7, 11) is 0. The molecule has 0 amide bonds. The second-order valence-corrected chi connectivity index (χ2v) is 5.20. The molecule has 1 aromatic carbocycles. The summed E-state index contributed by atoms with van der Waals surface area (Å²) in [4.78, 5) is 11.9. The molecule has 0 bridgehead atoms. The molecule has 0 aliphatic rings. The Kier molecular flexibility index (Phi) is 5.35. The SMILES string of the molecule is CCCNC(C)(C)COC(=O)c1ccccc1C. The van der Waals surface area contributed by atoms with Gasteiger partial charge in [0.2, 0.25) is 0 Å². The number of carbonyl (C=O) groups is 1. The predicted molar refractivity (Wildman–Crippen MR) is 73.8 cm³/mol. The van der Waals surface area contributed by atoms with E-state index in [4.69, 9.17) is 4.74 Å². The van der Waals surface area contributed by atoms with E-state index < -0.39 is 0 Å². The fourth-order valence-corrected chi connectivity index (χ4v) is 1.64. The standard InChI is InChI=1S/C15H23NO2/c1-5-10-16-15(3,4)11-18-14(17)13-9-7-6-8-12(13)2/h6-9,16H,5,10-11H2,1-4H3. The summed E-state index contributed by atoms with van der Waals surface area (Å²) in [5.41, 5.74) is 1.40. The van der Waals surface area contributed by atoms with E-state index in [0.29, 0.717) is 12.2 Å². The number of hydrogen-bond acceptors (Lipinski definition) is 3. The predicted octanol–water partition coefficient (Wildman–Crippen LogP) is 2.93. The second-order valence-electron chi connectivity index (χ2n) is 5.20. The Morgan fingerprint density at radius 3 is 2.61 bits per heavy atom. The third-order valence-electron chi connectivity index (χ3n) is 2.78. The molecule has 0 aromatic heterocycles. The number of aryl methyl sites for hydroxylation is 1. The summed E-state index contributed by atoms with van der Waals surface area (Å²) in [6.07, 6.45) is 1.06. The fourth-order valence-electron chi connectivity index (χ4n) is 1.64. The zero-order valence-corrected chi connectivity index (χ0v) is 11.7. The molecule has 0 aliphatic heterocycles. The van der Waals surface area contributed by atoms with E-state index in [-0.39, 0.29) is 11.5 Å². The Morgan fingerprint density at radius 1 is 1.33 bits per heavy atom. The molecule has 0 saturated carbocycles. The Labute approximate surface area is 110 Å². The number of hydrogen-bond donors (Lipinski definition) is 1. The summed E-state index contributed by atoms with van der Waals surface area (Å²) in [5, 5.41) is 3.35. The van der Waals surface area contributed by atoms with Crippen LogP contribution in [0.3, 0.4) is 0 Å². The van der Waals surface area contributed by atoms with Crippen molar-refractivity contribution in [1.29, 1.82) is 0 Å². The molecule has 0 heterocycles. The van der Waals surface area contributed by atoms with Gasteiger partial charge in [-0.15, -0.1) is 0 Å². The van der Waals surface area contributed by atoms with Gasteiger partial charge in [-0.3, -0.25) is 0 Å². The van der Waals surface area contributed by atoms with Crippen molar-refractivity contribution in [3.05, 3.63) is 35.4 Å². The monoisotopic (exact) mass is 249 g/mol. The van der Waals surface area contributed by atoms with Crippen LogP contribution in [0.5, 0.6) is 0 Å². The molecule has 1 aromatic rings. The molecular weight excluding hydrogens is 226 g/mol. The van der Waals surface area contributed by atoms with E-state index in [0.717, 1.165) is 18.5 Å². The summed E-state index contributed by atoms with van der Waals surface area (Å²) in [6, 6.07) is 7.48. The van der Waals surface area contributed by atoms with Gasteiger partial charge in [-0.1, -0.05) is 25.1 Å². The minimum atomic E-state index is -0.250. The van der Waals surface area contributed by atoms with Crippen LogP contribution in [0.4, 0.5) is 0 Å². The number of esters is 1. The zero-order valence-electron chi connectivity index (χ0n) is 11.7. The highest BCUT2D eigenvalue weighted by atomic mass is 16.5. The highest BCUT2D eigenvalue weighted by Crippen LogP contribution is 2.10. The Hall–Kier alpha value is -1.35. The lowest BCUT2D eigenvalue weighted by Crippen LogP contribution is -2.44. The first-order valence-corrected chi connectivity index (χ1v) is 6.44. The molecular formula is C15H23NO2. The quantitative estimate of drug-likeness (QED) is 0.788. The van der Waals surface area contributed by atoms with Crippen LogP contribution >= 0.6 is 0 Å². The van der Waals surface area contributed by atoms with Crippen LogP contribution in [-0.4, -0.2) is 24.7 Å². The third kappa shape index (κ3) is 4.49. The molecule has 0 atom stereocenters. The maximum Gasteiger partial charge on any atom is 0.338 e. The molecule has 0 saturated heterocycles. The average molecular weight is 249 g/mol. The summed E-state index contributed by atoms with van der Waals surface area (Å²) < 4.78 is 5.37. The van der Waals surface area contributed by atoms with Crippen molar-refractivity contribution in [1.82, 2.24) is 5.32 Å². The van der Waals surface area contributed by atoms with Crippen molar-refractivity contribution in [2.45, 2.75) is 39.7 Å². The van der Waals surface area contributed by atoms with Gasteiger partial charge < -0.3 is 10.1 Å². The van der Waals surface area contributed by atoms with Gasteiger partial charge >= 0.3 is 5.97 Å². The highest BCUT2D eigenvalue weighted by molar-refractivity contribution is 5.90. The lowest BCUT2D eigenvalue weighted by molar-refractivity contribution is 0.0400. The maximum absolute atomic E-state index is 11.9. The molecule has 1 N–H and O–H groups in total. The van der Waals surface area contributed by atoms with Crippen molar-refractivity contribution >= 4 is 5.97 Å². The molecule has 0 radical (unpaired) electrons. The highest BCUT2D eigenvalue weighted by Gasteiger charge is 2.20. The first-order valence-electron chi connectivity index (χ1n) is 6.44. The van der Waals surface area contributed by atoms with Crippen molar-refractivity contribution in [3.63, 3.8) is 0 Å². The third-order valence-corrected chi connectivity index (χ3v) is 2.78. The van der Waals surface area contributed by atoms with E-state index in [1.54, 1.807) is 6.07 Å². The van der Waals surface area contributed by atoms with E-state index in [9.17, 15) is 4.79 Å². The molecule has 3 nitrogen and oxygen atoms in total. The maximum atomic E-state index is 11.9. The van der Waals surface area contributed by atoms with Gasteiger partial charge in [0.05, 0.1) is 5.56 Å². The summed E-state index contributed by atoms with van der Waals surface area (Å²) in [6.45, 7) is 9.40. The number of carbonyl (C=O) groups excluding carboxylic acids is 1. The van der Waals surface area contributed by atoms with E-state index in [2.05, 4.69) is 12.2 Å². The summed E-state index contributed by atoms with van der Waals surface area (Å²) in [5.74, 6) is -0.250. The molecule has 18 heavy (non-hydrogen) atoms. The van der Waals surface area contributed by atoms with Crippen molar-refractivity contribution in [2.75, 3.05) is 13.2 Å². The van der Waals surface area contributed by atoms with Gasteiger partial charge in [-0.2, -0.15) is 0 Å². The van der Waals surface area contributed by atoms with Gasteiger partial charge in [0, 0.05) is 5.54 Å². The van der Waals surface area contributed by atoms with E-state index in [1.165, 1.54) is 0 Å². The van der Waals surface area contributed by atoms with Gasteiger partial charge in [-0.25, -0.2) is 4.79 Å². The first-order chi connectivity index (χ1) is 8.46. The molecule has 3 heteroatoms. The fraction of sp³-hybridized carbons (Fsp3) is 0.533. The Morgan fingerprint density at radius 2 is 2.00 bits per heavy atom. The van der Waals surface area contributed by atoms with Gasteiger partial charge in [0.1, 0.15) is 6.61 Å². The van der Waals surface area contributed by atoms with E-state index >= 15 is 0 Å². The second kappa shape index (κ2) is 6.55. The van der Waals surface area contributed by atoms with Gasteiger partial charge in [0.25, 0.3) is 0 Å². The van der Waals surface area contributed by atoms with Crippen LogP contribution in [0.1, 0.15) is 43.1 Å². The number of nitrogens with one attached hydrogen (secondary N) is 1. The topological polar surface area (TPSA) is 38.3 Å². The van der Waals surface area contributed by atoms with Crippen LogP contribution in [0.25, 0.3) is 0 Å². The van der Waals surface area contributed by atoms with Crippen LogP contribution in [0.15, 0.2) is 24.3 Å². The summed E-state index contributed by atoms with van der Waals surface area (Å²) >= 11 is 0. The molecule has 0 fully saturated rings. The van der Waals surface area contributed by atoms with Crippen LogP contribution < -0.4 is 5.32 Å². The molecule has 0 spiro atoms. The first kappa shape index (κ1) is 14.7. The molecule has 0 aliphatic carbocycles. The normalized spacial score (nSPS) is 11.3. The van der Waals surface area contributed by atoms with Crippen LogP contribution in [0.2, 0.25) is 0 Å². The number of ether oxygens (including phenoxy) is 1. The lowest BCUT2D eigenvalue weighted by Gasteiger charge is -2.25. The van der Waals surface area contributed by atoms with Crippen LogP contribution in [-0.2, 0) is 4.74 Å². The smallest absolute Gasteiger partial charge is 0.338 e. The zero-order chi connectivity index (χ0) is 13.6. The molecule has 100 valence electrons. The van der Waals surface area contributed by atoms with Crippen molar-refractivity contribution in [2.24, 2.45) is 0 Å². The molecule has 0 unspecified atom stereocenters. The van der Waals surface area contributed by atoms with Crippen molar-refractivity contribution < 1.29 is 9.53 Å². The van der Waals surface area contributed by atoms with Gasteiger partial charge in [0.15, 0.2) is 0 Å². The van der Waals surface area contributed by atoms with Crippen LogP contribution in [0, 0.1) is 6.92 Å². The molecule has 1 rings (SSSR count). The van der Waals surface area contributed by atoms with Crippen molar-refractivity contribution in [3.8, 4) is 0 Å². The largest absolute Gasteiger partial charge is 0.460 e. The Balaban J connectivity index is 2.54. The van der Waals surface area contributed by atoms with Gasteiger partial charge in [-0.05, 0) is 45.4 Å². The minimum Gasteiger partial charge on any atom is -0.460 e. The minimum absolute atomic E-state index is 0.186.